The fraction of sp³-hybridized carbons (Fsp3) is 0. The van der Waals surface area contributed by atoms with Crippen molar-refractivity contribution >= 4 is 5.78 Å². The molecule has 0 saturated heterocycles. The average molecular weight is 211 g/mol. The first-order valence-electron chi connectivity index (χ1n) is 4.92. The topological polar surface area (TPSA) is 50.4 Å². The second kappa shape index (κ2) is 3.34. The maximum Gasteiger partial charge on any atom is 0.234 e. The van der Waals surface area contributed by atoms with Gasteiger partial charge >= 0.3 is 0 Å². The van der Waals surface area contributed by atoms with Gasteiger partial charge < -0.3 is 5.11 Å². The zero-order chi connectivity index (χ0) is 11.0. The van der Waals surface area contributed by atoms with E-state index in [1.807, 2.05) is 35.0 Å². The highest BCUT2D eigenvalue weighted by Crippen LogP contribution is 2.20. The minimum absolute atomic E-state index is 0.255. The Labute approximate surface area is 91.8 Å². The van der Waals surface area contributed by atoms with Gasteiger partial charge in [-0.3, -0.25) is 4.40 Å². The first-order chi connectivity index (χ1) is 7.83. The lowest BCUT2D eigenvalue weighted by atomic mass is 10.2. The highest BCUT2D eigenvalue weighted by molar-refractivity contribution is 5.61. The molecule has 3 aromatic rings. The molecule has 0 aliphatic heterocycles. The average Bonchev–Trinajstić information content (AvgIpc) is 2.73. The third kappa shape index (κ3) is 1.40. The van der Waals surface area contributed by atoms with Crippen molar-refractivity contribution in [3.8, 4) is 17.0 Å². The number of nitrogens with zero attached hydrogens (tertiary/aromatic N) is 3. The highest BCUT2D eigenvalue weighted by atomic mass is 16.3. The van der Waals surface area contributed by atoms with Crippen molar-refractivity contribution in [2.45, 2.75) is 0 Å². The van der Waals surface area contributed by atoms with Crippen LogP contribution in [0.3, 0.4) is 0 Å². The molecule has 0 radical (unpaired) electrons. The fourth-order valence-corrected chi connectivity index (χ4v) is 1.60. The van der Waals surface area contributed by atoms with E-state index < -0.39 is 0 Å². The summed E-state index contributed by atoms with van der Waals surface area (Å²) in [6.07, 6.45) is 5.52. The molecule has 0 bridgehead atoms. The van der Waals surface area contributed by atoms with Crippen molar-refractivity contribution < 1.29 is 5.11 Å². The Morgan fingerprint density at radius 1 is 1.12 bits per heavy atom. The first kappa shape index (κ1) is 8.91. The van der Waals surface area contributed by atoms with Gasteiger partial charge in [-0.25, -0.2) is 9.97 Å². The van der Waals surface area contributed by atoms with Crippen molar-refractivity contribution in [1.82, 2.24) is 14.4 Å². The van der Waals surface area contributed by atoms with Gasteiger partial charge in [-0.1, -0.05) is 0 Å². The van der Waals surface area contributed by atoms with Gasteiger partial charge in [0.2, 0.25) is 5.78 Å². The van der Waals surface area contributed by atoms with Crippen molar-refractivity contribution in [3.05, 3.63) is 48.9 Å². The Morgan fingerprint density at radius 3 is 2.69 bits per heavy atom. The summed E-state index contributed by atoms with van der Waals surface area (Å²) < 4.78 is 1.86. The summed E-state index contributed by atoms with van der Waals surface area (Å²) in [5.41, 5.74) is 1.81. The van der Waals surface area contributed by atoms with E-state index in [2.05, 4.69) is 9.97 Å². The van der Waals surface area contributed by atoms with Gasteiger partial charge in [0, 0.05) is 24.2 Å². The molecule has 0 amide bonds. The maximum atomic E-state index is 9.21. The van der Waals surface area contributed by atoms with Crippen LogP contribution in [0.25, 0.3) is 17.0 Å². The van der Waals surface area contributed by atoms with E-state index in [4.69, 9.17) is 0 Å². The van der Waals surface area contributed by atoms with Gasteiger partial charge in [0.1, 0.15) is 5.75 Å². The van der Waals surface area contributed by atoms with Crippen LogP contribution < -0.4 is 0 Å². The SMILES string of the molecule is Oc1ccc(-c2cn3cccnc3n2)cc1. The summed E-state index contributed by atoms with van der Waals surface area (Å²) in [6.45, 7) is 0. The molecule has 3 rings (SSSR count). The van der Waals surface area contributed by atoms with Gasteiger partial charge in [-0.15, -0.1) is 0 Å². The Bertz CT molecular complexity index is 595. The lowest BCUT2D eigenvalue weighted by molar-refractivity contribution is 0.475. The molecule has 4 nitrogen and oxygen atoms in total. The van der Waals surface area contributed by atoms with Gasteiger partial charge in [-0.05, 0) is 30.3 Å². The molecule has 0 aliphatic carbocycles. The number of aromatic nitrogens is 3. The van der Waals surface area contributed by atoms with E-state index in [-0.39, 0.29) is 5.75 Å². The van der Waals surface area contributed by atoms with Crippen LogP contribution in [-0.4, -0.2) is 19.5 Å². The zero-order valence-corrected chi connectivity index (χ0v) is 8.41. The molecule has 0 atom stereocenters. The molecular formula is C12H9N3O. The van der Waals surface area contributed by atoms with Gasteiger partial charge in [0.15, 0.2) is 0 Å². The fourth-order valence-electron chi connectivity index (χ4n) is 1.60. The number of phenolic OH excluding ortho intramolecular Hbond substituents is 1. The van der Waals surface area contributed by atoms with Crippen LogP contribution in [0.5, 0.6) is 5.75 Å². The van der Waals surface area contributed by atoms with Crippen LogP contribution >= 0.6 is 0 Å². The van der Waals surface area contributed by atoms with Gasteiger partial charge in [0.05, 0.1) is 5.69 Å². The van der Waals surface area contributed by atoms with Crippen LogP contribution in [0.1, 0.15) is 0 Å². The van der Waals surface area contributed by atoms with Gasteiger partial charge in [0.25, 0.3) is 0 Å². The minimum atomic E-state index is 0.255. The van der Waals surface area contributed by atoms with Gasteiger partial charge in [-0.2, -0.15) is 0 Å². The lowest BCUT2D eigenvalue weighted by Gasteiger charge is -1.95. The van der Waals surface area contributed by atoms with Crippen LogP contribution in [0.2, 0.25) is 0 Å². The van der Waals surface area contributed by atoms with Crippen molar-refractivity contribution in [2.24, 2.45) is 0 Å². The van der Waals surface area contributed by atoms with Crippen LogP contribution in [0.15, 0.2) is 48.9 Å². The second-order valence-corrected chi connectivity index (χ2v) is 3.50. The molecule has 1 aromatic carbocycles. The molecule has 2 aromatic heterocycles. The van der Waals surface area contributed by atoms with E-state index in [1.165, 1.54) is 0 Å². The summed E-state index contributed by atoms with van der Waals surface area (Å²) in [6, 6.07) is 8.81. The van der Waals surface area contributed by atoms with E-state index in [9.17, 15) is 5.11 Å². The molecule has 0 unspecified atom stereocenters. The Balaban J connectivity index is 2.15. The minimum Gasteiger partial charge on any atom is -0.508 e. The van der Waals surface area contributed by atoms with E-state index in [0.29, 0.717) is 5.78 Å². The Morgan fingerprint density at radius 2 is 1.94 bits per heavy atom. The third-order valence-corrected chi connectivity index (χ3v) is 2.40. The number of rotatable bonds is 1. The molecule has 2 heterocycles. The van der Waals surface area contributed by atoms with Crippen LogP contribution in [0.4, 0.5) is 0 Å². The molecule has 0 aliphatic rings. The van der Waals surface area contributed by atoms with Crippen LogP contribution in [-0.2, 0) is 0 Å². The monoisotopic (exact) mass is 211 g/mol. The summed E-state index contributed by atoms with van der Waals surface area (Å²) in [5.74, 6) is 0.927. The third-order valence-electron chi connectivity index (χ3n) is 2.40. The number of imidazole rings is 1. The van der Waals surface area contributed by atoms with E-state index in [0.717, 1.165) is 11.3 Å². The quantitative estimate of drug-likeness (QED) is 0.670. The van der Waals surface area contributed by atoms with Crippen molar-refractivity contribution in [2.75, 3.05) is 0 Å². The van der Waals surface area contributed by atoms with Crippen molar-refractivity contribution in [3.63, 3.8) is 0 Å². The highest BCUT2D eigenvalue weighted by Gasteiger charge is 2.03. The van der Waals surface area contributed by atoms with Crippen LogP contribution in [0, 0.1) is 0 Å². The van der Waals surface area contributed by atoms with Crippen molar-refractivity contribution in [1.29, 1.82) is 0 Å². The summed E-state index contributed by atoms with van der Waals surface area (Å²) in [7, 11) is 0. The normalized spacial score (nSPS) is 10.8. The molecule has 0 saturated carbocycles. The lowest BCUT2D eigenvalue weighted by Crippen LogP contribution is -1.82. The summed E-state index contributed by atoms with van der Waals surface area (Å²) >= 11 is 0. The molecular weight excluding hydrogens is 202 g/mol. The second-order valence-electron chi connectivity index (χ2n) is 3.50. The number of hydrogen-bond donors (Lipinski definition) is 1. The first-order valence-corrected chi connectivity index (χ1v) is 4.92. The largest absolute Gasteiger partial charge is 0.508 e. The Hall–Kier alpha value is -2.36. The summed E-state index contributed by atoms with van der Waals surface area (Å²) in [4.78, 5) is 8.53. The Kier molecular flexibility index (Phi) is 1.86. The standard InChI is InChI=1S/C12H9N3O/c16-10-4-2-9(3-5-10)11-8-15-7-1-6-13-12(15)14-11/h1-8,16H. The molecule has 0 spiro atoms. The number of hydrogen-bond acceptors (Lipinski definition) is 3. The number of aromatic hydroxyl groups is 1. The molecule has 16 heavy (non-hydrogen) atoms. The summed E-state index contributed by atoms with van der Waals surface area (Å²) in [5, 5.41) is 9.21. The number of benzene rings is 1. The molecule has 1 N–H and O–H groups in total. The molecule has 4 heteroatoms. The smallest absolute Gasteiger partial charge is 0.234 e. The van der Waals surface area contributed by atoms with E-state index >= 15 is 0 Å². The molecule has 78 valence electrons. The molecule has 0 fully saturated rings. The predicted octanol–water partition coefficient (Wildman–Crippen LogP) is 2.10. The number of fused-ring (bicyclic) bond motifs is 1. The number of phenols is 1. The predicted molar refractivity (Wildman–Crippen MR) is 60.1 cm³/mol. The maximum absolute atomic E-state index is 9.21. The van der Waals surface area contributed by atoms with E-state index in [1.54, 1.807) is 18.3 Å². The zero-order valence-electron chi connectivity index (χ0n) is 8.41.